The van der Waals surface area contributed by atoms with Gasteiger partial charge in [-0.3, -0.25) is 9.69 Å². The number of benzene rings is 2. The predicted octanol–water partition coefficient (Wildman–Crippen LogP) is 3.96. The highest BCUT2D eigenvalue weighted by Gasteiger charge is 2.32. The van der Waals surface area contributed by atoms with Gasteiger partial charge in [-0.1, -0.05) is 19.1 Å². The molecule has 172 valence electrons. The maximum Gasteiger partial charge on any atom is 0.344 e. The summed E-state index contributed by atoms with van der Waals surface area (Å²) < 4.78 is 5.51. The SMILES string of the molecule is CCC(Oc1cccc(/C=C2\SC(=Nc3ccc(O)cc3C(=O)O)N(CC)C2=O)c1)C(=O)O. The largest absolute Gasteiger partial charge is 0.508 e. The Morgan fingerprint density at radius 2 is 1.94 bits per heavy atom. The van der Waals surface area contributed by atoms with Crippen molar-refractivity contribution in [3.63, 3.8) is 0 Å². The van der Waals surface area contributed by atoms with Gasteiger partial charge in [-0.25, -0.2) is 14.6 Å². The van der Waals surface area contributed by atoms with Crippen LogP contribution in [0.25, 0.3) is 6.08 Å². The minimum Gasteiger partial charge on any atom is -0.508 e. The molecule has 9 nitrogen and oxygen atoms in total. The Kier molecular flexibility index (Phi) is 7.39. The van der Waals surface area contributed by atoms with Crippen LogP contribution in [0.15, 0.2) is 52.4 Å². The summed E-state index contributed by atoms with van der Waals surface area (Å²) in [5.74, 6) is -2.43. The van der Waals surface area contributed by atoms with Gasteiger partial charge in [0.05, 0.1) is 16.2 Å². The number of hydrogen-bond acceptors (Lipinski definition) is 7. The molecule has 0 saturated carbocycles. The minimum absolute atomic E-state index is 0.116. The number of amidine groups is 1. The number of aromatic hydroxyl groups is 1. The standard InChI is InChI=1S/C23H22N2O7S/c1-3-18(22(30)31)32-15-7-5-6-13(10-15)11-19-20(27)25(4-2)23(33-19)24-17-9-8-14(26)12-16(17)21(28)29/h5-12,18,26H,3-4H2,1-2H3,(H,28,29)(H,30,31)/b19-11-,24-23?. The fourth-order valence-electron chi connectivity index (χ4n) is 3.07. The Morgan fingerprint density at radius 3 is 2.58 bits per heavy atom. The van der Waals surface area contributed by atoms with Crippen LogP contribution in [0.4, 0.5) is 5.69 Å². The van der Waals surface area contributed by atoms with E-state index in [1.165, 1.54) is 17.0 Å². The summed E-state index contributed by atoms with van der Waals surface area (Å²) in [4.78, 5) is 41.8. The first-order valence-electron chi connectivity index (χ1n) is 10.1. The summed E-state index contributed by atoms with van der Waals surface area (Å²) in [6.07, 6.45) is 0.968. The highest BCUT2D eigenvalue weighted by atomic mass is 32.2. The number of nitrogens with zero attached hydrogens (tertiary/aromatic N) is 2. The van der Waals surface area contributed by atoms with Crippen molar-refractivity contribution in [1.82, 2.24) is 4.90 Å². The third-order valence-electron chi connectivity index (χ3n) is 4.71. The molecule has 10 heteroatoms. The van der Waals surface area contributed by atoms with Crippen LogP contribution in [-0.2, 0) is 9.59 Å². The minimum atomic E-state index is -1.25. The number of carbonyl (C=O) groups is 3. The molecule has 1 heterocycles. The van der Waals surface area contributed by atoms with Crippen molar-refractivity contribution in [2.75, 3.05) is 6.54 Å². The Labute approximate surface area is 194 Å². The molecular weight excluding hydrogens is 448 g/mol. The highest BCUT2D eigenvalue weighted by Crippen LogP contribution is 2.35. The van der Waals surface area contributed by atoms with E-state index in [1.807, 2.05) is 0 Å². The summed E-state index contributed by atoms with van der Waals surface area (Å²) >= 11 is 1.09. The molecule has 3 N–H and O–H groups in total. The molecule has 0 aromatic heterocycles. The number of phenolic OH excluding ortho intramolecular Hbond substituents is 1. The molecule has 33 heavy (non-hydrogen) atoms. The molecule has 1 saturated heterocycles. The molecule has 1 aliphatic heterocycles. The number of aliphatic carboxylic acids is 1. The van der Waals surface area contributed by atoms with Crippen LogP contribution in [0.2, 0.25) is 0 Å². The van der Waals surface area contributed by atoms with Gasteiger partial charge >= 0.3 is 11.9 Å². The lowest BCUT2D eigenvalue weighted by Crippen LogP contribution is -2.28. The molecule has 2 aromatic rings. The van der Waals surface area contributed by atoms with Crippen molar-refractivity contribution < 1.29 is 34.4 Å². The second kappa shape index (κ2) is 10.2. The van der Waals surface area contributed by atoms with Crippen molar-refractivity contribution in [1.29, 1.82) is 0 Å². The zero-order valence-electron chi connectivity index (χ0n) is 17.9. The average Bonchev–Trinajstić information content (AvgIpc) is 3.06. The van der Waals surface area contributed by atoms with Gasteiger partial charge in [0.15, 0.2) is 11.3 Å². The van der Waals surface area contributed by atoms with Crippen LogP contribution in [0.5, 0.6) is 11.5 Å². The maximum absolute atomic E-state index is 12.9. The smallest absolute Gasteiger partial charge is 0.344 e. The topological polar surface area (TPSA) is 137 Å². The molecule has 3 rings (SSSR count). The van der Waals surface area contributed by atoms with E-state index in [1.54, 1.807) is 44.2 Å². The summed E-state index contributed by atoms with van der Waals surface area (Å²) in [5.41, 5.74) is 0.569. The van der Waals surface area contributed by atoms with E-state index >= 15 is 0 Å². The first-order chi connectivity index (χ1) is 15.7. The molecule has 2 aromatic carbocycles. The number of likely N-dealkylation sites (N-methyl/N-ethyl adjacent to an activating group) is 1. The lowest BCUT2D eigenvalue weighted by molar-refractivity contribution is -0.145. The number of amides is 1. The summed E-state index contributed by atoms with van der Waals surface area (Å²) in [6, 6.07) is 10.5. The zero-order valence-corrected chi connectivity index (χ0v) is 18.7. The lowest BCUT2D eigenvalue weighted by atomic mass is 10.2. The number of phenols is 1. The summed E-state index contributed by atoms with van der Waals surface area (Å²) in [7, 11) is 0. The van der Waals surface area contributed by atoms with Crippen LogP contribution >= 0.6 is 11.8 Å². The summed E-state index contributed by atoms with van der Waals surface area (Å²) in [6.45, 7) is 3.81. The molecule has 0 radical (unpaired) electrons. The molecule has 0 bridgehead atoms. The average molecular weight is 471 g/mol. The van der Waals surface area contributed by atoms with Gasteiger partial charge in [-0.05, 0) is 67.1 Å². The van der Waals surface area contributed by atoms with Crippen LogP contribution in [0.1, 0.15) is 36.2 Å². The van der Waals surface area contributed by atoms with Gasteiger partial charge in [0, 0.05) is 6.54 Å². The second-order valence-electron chi connectivity index (χ2n) is 6.99. The van der Waals surface area contributed by atoms with E-state index in [2.05, 4.69) is 4.99 Å². The first kappa shape index (κ1) is 23.9. The highest BCUT2D eigenvalue weighted by molar-refractivity contribution is 8.18. The third-order valence-corrected chi connectivity index (χ3v) is 5.72. The zero-order chi connectivity index (χ0) is 24.1. The normalized spacial score (nSPS) is 16.9. The fourth-order valence-corrected chi connectivity index (χ4v) is 4.12. The number of carboxylic acids is 2. The van der Waals surface area contributed by atoms with E-state index in [0.29, 0.717) is 34.4 Å². The Morgan fingerprint density at radius 1 is 1.18 bits per heavy atom. The Hall–Kier alpha value is -3.79. The number of aliphatic imine (C=N–C) groups is 1. The van der Waals surface area contributed by atoms with Crippen LogP contribution in [0.3, 0.4) is 0 Å². The van der Waals surface area contributed by atoms with Crippen molar-refractivity contribution in [3.05, 3.63) is 58.5 Å². The summed E-state index contributed by atoms with van der Waals surface area (Å²) in [5, 5.41) is 28.5. The van der Waals surface area contributed by atoms with Crippen molar-refractivity contribution in [2.24, 2.45) is 4.99 Å². The monoisotopic (exact) mass is 470 g/mol. The molecule has 1 fully saturated rings. The Bertz CT molecular complexity index is 1160. The van der Waals surface area contributed by atoms with Crippen LogP contribution < -0.4 is 4.74 Å². The predicted molar refractivity (Wildman–Crippen MR) is 124 cm³/mol. The van der Waals surface area contributed by atoms with E-state index < -0.39 is 18.0 Å². The van der Waals surface area contributed by atoms with Gasteiger partial charge in [-0.15, -0.1) is 0 Å². The number of ether oxygens (including phenoxy) is 1. The molecular formula is C23H22N2O7S. The van der Waals surface area contributed by atoms with Crippen LogP contribution in [0, 0.1) is 0 Å². The number of rotatable bonds is 8. The molecule has 0 spiro atoms. The van der Waals surface area contributed by atoms with Gasteiger partial charge in [0.1, 0.15) is 11.5 Å². The van der Waals surface area contributed by atoms with Crippen LogP contribution in [-0.4, -0.2) is 55.9 Å². The third kappa shape index (κ3) is 5.53. The molecule has 1 unspecified atom stereocenters. The molecule has 1 amide bonds. The van der Waals surface area contributed by atoms with Crippen molar-refractivity contribution >= 4 is 46.5 Å². The van der Waals surface area contributed by atoms with E-state index in [0.717, 1.165) is 17.8 Å². The fraction of sp³-hybridized carbons (Fsp3) is 0.217. The van der Waals surface area contributed by atoms with Gasteiger partial charge in [-0.2, -0.15) is 0 Å². The maximum atomic E-state index is 12.9. The quantitative estimate of drug-likeness (QED) is 0.493. The van der Waals surface area contributed by atoms with E-state index in [9.17, 15) is 29.7 Å². The van der Waals surface area contributed by atoms with Gasteiger partial charge in [0.25, 0.3) is 5.91 Å². The number of hydrogen-bond donors (Lipinski definition) is 3. The van der Waals surface area contributed by atoms with E-state index in [-0.39, 0.29) is 22.9 Å². The van der Waals surface area contributed by atoms with Crippen molar-refractivity contribution in [3.8, 4) is 11.5 Å². The van der Waals surface area contributed by atoms with E-state index in [4.69, 9.17) is 4.74 Å². The Balaban J connectivity index is 1.92. The second-order valence-corrected chi connectivity index (χ2v) is 8.00. The molecule has 1 atom stereocenters. The van der Waals surface area contributed by atoms with Gasteiger partial charge < -0.3 is 20.1 Å². The molecule has 0 aliphatic carbocycles. The molecule has 1 aliphatic rings. The first-order valence-corrected chi connectivity index (χ1v) is 10.9. The lowest BCUT2D eigenvalue weighted by Gasteiger charge is -2.13. The van der Waals surface area contributed by atoms with Crippen molar-refractivity contribution in [2.45, 2.75) is 26.4 Å². The number of carboxylic acid groups (broad SMARTS) is 2. The number of aromatic carboxylic acids is 1. The van der Waals surface area contributed by atoms with Gasteiger partial charge in [0.2, 0.25) is 0 Å². The number of carbonyl (C=O) groups excluding carboxylic acids is 1. The number of thioether (sulfide) groups is 1.